The van der Waals surface area contributed by atoms with Crippen LogP contribution in [0.4, 0.5) is 14.5 Å². The number of benzene rings is 1. The van der Waals surface area contributed by atoms with Crippen molar-refractivity contribution in [3.05, 3.63) is 45.4 Å². The number of carbonyl (C=O) groups excluding carboxylic acids is 2. The summed E-state index contributed by atoms with van der Waals surface area (Å²) in [6, 6.07) is 1.49. The number of aromatic nitrogens is 1. The van der Waals surface area contributed by atoms with Crippen LogP contribution in [0.15, 0.2) is 17.6 Å². The first-order chi connectivity index (χ1) is 9.93. The highest BCUT2D eigenvalue weighted by Gasteiger charge is 2.20. The molecule has 0 saturated carbocycles. The zero-order valence-corrected chi connectivity index (χ0v) is 11.9. The smallest absolute Gasteiger partial charge is 0.341 e. The van der Waals surface area contributed by atoms with Gasteiger partial charge in [-0.25, -0.2) is 18.6 Å². The van der Waals surface area contributed by atoms with E-state index < -0.39 is 34.8 Å². The minimum absolute atomic E-state index is 0.276. The van der Waals surface area contributed by atoms with Crippen LogP contribution in [0.3, 0.4) is 0 Å². The Morgan fingerprint density at radius 1 is 1.33 bits per heavy atom. The van der Waals surface area contributed by atoms with Crippen LogP contribution < -0.4 is 5.32 Å². The van der Waals surface area contributed by atoms with Crippen LogP contribution in [0.2, 0.25) is 0 Å². The van der Waals surface area contributed by atoms with Gasteiger partial charge in [0.25, 0.3) is 5.91 Å². The second kappa shape index (κ2) is 5.96. The van der Waals surface area contributed by atoms with E-state index in [0.717, 1.165) is 24.5 Å². The Morgan fingerprint density at radius 3 is 2.62 bits per heavy atom. The van der Waals surface area contributed by atoms with E-state index in [1.165, 1.54) is 5.51 Å². The molecule has 1 N–H and O–H groups in total. The number of ether oxygens (including phenoxy) is 1. The number of anilines is 1. The van der Waals surface area contributed by atoms with Gasteiger partial charge in [0, 0.05) is 6.07 Å². The molecule has 1 amide bonds. The van der Waals surface area contributed by atoms with Gasteiger partial charge in [0.15, 0.2) is 5.82 Å². The number of methoxy groups -OCH3 is 1. The summed E-state index contributed by atoms with van der Waals surface area (Å²) < 4.78 is 31.9. The fraction of sp³-hybridized carbons (Fsp3) is 0.154. The Hall–Kier alpha value is -2.35. The molecule has 0 fully saturated rings. The molecular formula is C13H10F2N2O3S. The van der Waals surface area contributed by atoms with Crippen molar-refractivity contribution < 1.29 is 23.1 Å². The molecular weight excluding hydrogens is 302 g/mol. The molecule has 0 aliphatic carbocycles. The molecule has 1 heterocycles. The number of hydrogen-bond donors (Lipinski definition) is 1. The number of thiazole rings is 1. The zero-order chi connectivity index (χ0) is 15.6. The molecule has 0 radical (unpaired) electrons. The highest BCUT2D eigenvalue weighted by molar-refractivity contribution is 7.12. The van der Waals surface area contributed by atoms with E-state index in [2.05, 4.69) is 15.0 Å². The number of amides is 1. The maximum Gasteiger partial charge on any atom is 0.341 e. The monoisotopic (exact) mass is 312 g/mol. The van der Waals surface area contributed by atoms with E-state index >= 15 is 0 Å². The normalized spacial score (nSPS) is 10.3. The number of esters is 1. The molecule has 1 aromatic heterocycles. The molecule has 8 heteroatoms. The number of nitrogens with zero attached hydrogens (tertiary/aromatic N) is 1. The molecule has 2 rings (SSSR count). The molecule has 110 valence electrons. The highest BCUT2D eigenvalue weighted by Crippen LogP contribution is 2.23. The van der Waals surface area contributed by atoms with Gasteiger partial charge >= 0.3 is 5.97 Å². The van der Waals surface area contributed by atoms with Crippen LogP contribution in [-0.4, -0.2) is 24.0 Å². The van der Waals surface area contributed by atoms with Gasteiger partial charge in [0.1, 0.15) is 16.3 Å². The first kappa shape index (κ1) is 15.0. The quantitative estimate of drug-likeness (QED) is 0.885. The first-order valence-corrected chi connectivity index (χ1v) is 6.60. The van der Waals surface area contributed by atoms with Crippen LogP contribution in [0, 0.1) is 18.6 Å². The molecule has 0 aliphatic rings. The highest BCUT2D eigenvalue weighted by atomic mass is 32.1. The standard InChI is InChI=1S/C13H10F2N2O3S/c1-6-11(21-5-16-6)12(18)17-9-4-7(14)3-8(10(9)15)13(19)20-2/h3-5H,1-2H3,(H,17,18). The fourth-order valence-electron chi connectivity index (χ4n) is 1.64. The lowest BCUT2D eigenvalue weighted by Crippen LogP contribution is -2.15. The van der Waals surface area contributed by atoms with Crippen molar-refractivity contribution in [2.75, 3.05) is 12.4 Å². The average molecular weight is 312 g/mol. The van der Waals surface area contributed by atoms with E-state index in [-0.39, 0.29) is 4.88 Å². The Bertz CT molecular complexity index is 715. The van der Waals surface area contributed by atoms with Crippen molar-refractivity contribution in [2.24, 2.45) is 0 Å². The summed E-state index contributed by atoms with van der Waals surface area (Å²) in [7, 11) is 1.05. The second-order valence-electron chi connectivity index (χ2n) is 4.03. The second-order valence-corrected chi connectivity index (χ2v) is 4.88. The van der Waals surface area contributed by atoms with Gasteiger partial charge in [-0.2, -0.15) is 0 Å². The van der Waals surface area contributed by atoms with Gasteiger partial charge in [-0.1, -0.05) is 0 Å². The Kier molecular flexibility index (Phi) is 4.27. The molecule has 1 aromatic carbocycles. The number of halogens is 2. The molecule has 0 aliphatic heterocycles. The minimum Gasteiger partial charge on any atom is -0.465 e. The van der Waals surface area contributed by atoms with E-state index in [1.54, 1.807) is 6.92 Å². The number of carbonyl (C=O) groups is 2. The van der Waals surface area contributed by atoms with E-state index in [9.17, 15) is 18.4 Å². The van der Waals surface area contributed by atoms with Crippen molar-refractivity contribution in [1.82, 2.24) is 4.98 Å². The summed E-state index contributed by atoms with van der Waals surface area (Å²) in [6.45, 7) is 1.62. The predicted molar refractivity (Wildman–Crippen MR) is 72.5 cm³/mol. The number of aryl methyl sites for hydroxylation is 1. The summed E-state index contributed by atoms with van der Waals surface area (Å²) in [6.07, 6.45) is 0. The van der Waals surface area contributed by atoms with Gasteiger partial charge in [0.2, 0.25) is 0 Å². The first-order valence-electron chi connectivity index (χ1n) is 5.72. The molecule has 2 aromatic rings. The van der Waals surface area contributed by atoms with Crippen LogP contribution in [-0.2, 0) is 4.74 Å². The molecule has 5 nitrogen and oxygen atoms in total. The van der Waals surface area contributed by atoms with Crippen molar-refractivity contribution in [2.45, 2.75) is 6.92 Å². The maximum absolute atomic E-state index is 14.1. The lowest BCUT2D eigenvalue weighted by molar-refractivity contribution is 0.0594. The SMILES string of the molecule is COC(=O)c1cc(F)cc(NC(=O)c2scnc2C)c1F. The van der Waals surface area contributed by atoms with Crippen molar-refractivity contribution in [1.29, 1.82) is 0 Å². The zero-order valence-electron chi connectivity index (χ0n) is 11.1. The molecule has 0 spiro atoms. The lowest BCUT2D eigenvalue weighted by Gasteiger charge is -2.09. The Morgan fingerprint density at radius 2 is 2.05 bits per heavy atom. The maximum atomic E-state index is 14.1. The summed E-state index contributed by atoms with van der Waals surface area (Å²) >= 11 is 1.07. The van der Waals surface area contributed by atoms with Gasteiger partial charge < -0.3 is 10.1 Å². The van der Waals surface area contributed by atoms with E-state index in [1.807, 2.05) is 0 Å². The van der Waals surface area contributed by atoms with Crippen LogP contribution in [0.25, 0.3) is 0 Å². The van der Waals surface area contributed by atoms with Crippen molar-refractivity contribution >= 4 is 28.9 Å². The van der Waals surface area contributed by atoms with Gasteiger partial charge in [-0.3, -0.25) is 4.79 Å². The van der Waals surface area contributed by atoms with Crippen LogP contribution >= 0.6 is 11.3 Å². The molecule has 0 atom stereocenters. The Balaban J connectivity index is 2.36. The summed E-state index contributed by atoms with van der Waals surface area (Å²) in [5.41, 5.74) is 0.913. The molecule has 0 unspecified atom stereocenters. The number of rotatable bonds is 3. The van der Waals surface area contributed by atoms with Crippen molar-refractivity contribution in [3.63, 3.8) is 0 Å². The molecule has 0 bridgehead atoms. The van der Waals surface area contributed by atoms with E-state index in [4.69, 9.17) is 0 Å². The van der Waals surface area contributed by atoms with Crippen LogP contribution in [0.1, 0.15) is 25.7 Å². The minimum atomic E-state index is -1.06. The molecule has 0 saturated heterocycles. The summed E-state index contributed by atoms with van der Waals surface area (Å²) in [5, 5.41) is 2.22. The van der Waals surface area contributed by atoms with Crippen molar-refractivity contribution in [3.8, 4) is 0 Å². The average Bonchev–Trinajstić information content (AvgIpc) is 2.87. The lowest BCUT2D eigenvalue weighted by atomic mass is 10.1. The fourth-order valence-corrected chi connectivity index (χ4v) is 2.34. The number of nitrogens with one attached hydrogen (secondary N) is 1. The third kappa shape index (κ3) is 3.05. The third-order valence-corrected chi connectivity index (χ3v) is 3.57. The molecule has 21 heavy (non-hydrogen) atoms. The predicted octanol–water partition coefficient (Wildman–Crippen LogP) is 2.77. The van der Waals surface area contributed by atoms with Gasteiger partial charge in [0.05, 0.1) is 24.0 Å². The van der Waals surface area contributed by atoms with Gasteiger partial charge in [-0.05, 0) is 13.0 Å². The largest absolute Gasteiger partial charge is 0.465 e. The third-order valence-electron chi connectivity index (χ3n) is 2.64. The van der Waals surface area contributed by atoms with E-state index in [0.29, 0.717) is 11.8 Å². The van der Waals surface area contributed by atoms with Crippen LogP contribution in [0.5, 0.6) is 0 Å². The summed E-state index contributed by atoms with van der Waals surface area (Å²) in [5.74, 6) is -3.58. The number of hydrogen-bond acceptors (Lipinski definition) is 5. The summed E-state index contributed by atoms with van der Waals surface area (Å²) in [4.78, 5) is 27.5. The van der Waals surface area contributed by atoms with Gasteiger partial charge in [-0.15, -0.1) is 11.3 Å². The topological polar surface area (TPSA) is 68.3 Å². The Labute approximate surface area is 122 Å².